The summed E-state index contributed by atoms with van der Waals surface area (Å²) in [6.07, 6.45) is 5.57. The molecule has 6 nitrogen and oxygen atoms in total. The Morgan fingerprint density at radius 1 is 1.06 bits per heavy atom. The Balaban J connectivity index is 2.10. The average Bonchev–Trinajstić information content (AvgIpc) is 3.09. The second-order valence-corrected chi connectivity index (χ2v) is 10.8. The van der Waals surface area contributed by atoms with Gasteiger partial charge in [0.15, 0.2) is 15.5 Å². The van der Waals surface area contributed by atoms with E-state index in [0.717, 1.165) is 36.3 Å². The van der Waals surface area contributed by atoms with Crippen LogP contribution in [0.1, 0.15) is 52.0 Å². The molecule has 1 aliphatic rings. The Bertz CT molecular complexity index is 1180. The predicted octanol–water partition coefficient (Wildman–Crippen LogP) is 5.79. The SMILES string of the molecule is CCC[N+]1(c2ccccc2)C(c2ccc(S(C)(=O)=O)cc2)=CC(CCC(CC)OC(N)=O)=C1C. The molecule has 2 unspecified atom stereocenters. The quantitative estimate of drug-likeness (QED) is 0.433. The summed E-state index contributed by atoms with van der Waals surface area (Å²) in [6, 6.07) is 17.6. The number of carbonyl (C=O) groups excluding carboxylic acids is 1. The van der Waals surface area contributed by atoms with Gasteiger partial charge in [0.25, 0.3) is 0 Å². The topological polar surface area (TPSA) is 86.5 Å². The Morgan fingerprint density at radius 3 is 2.24 bits per heavy atom. The van der Waals surface area contributed by atoms with Crippen molar-refractivity contribution in [3.63, 3.8) is 0 Å². The number of hydrogen-bond acceptors (Lipinski definition) is 4. The van der Waals surface area contributed by atoms with Crippen molar-refractivity contribution in [1.29, 1.82) is 0 Å². The number of nitrogens with zero attached hydrogens (tertiary/aromatic N) is 1. The minimum Gasteiger partial charge on any atom is -0.446 e. The van der Waals surface area contributed by atoms with E-state index < -0.39 is 15.9 Å². The van der Waals surface area contributed by atoms with Crippen molar-refractivity contribution in [3.05, 3.63) is 77.5 Å². The molecule has 182 valence electrons. The Morgan fingerprint density at radius 2 is 1.71 bits per heavy atom. The molecule has 0 aliphatic carbocycles. The summed E-state index contributed by atoms with van der Waals surface area (Å²) in [7, 11) is -3.27. The van der Waals surface area contributed by atoms with Crippen LogP contribution in [0.25, 0.3) is 5.70 Å². The number of allylic oxidation sites excluding steroid dienone is 3. The van der Waals surface area contributed by atoms with Crippen LogP contribution in [0.15, 0.2) is 76.8 Å². The van der Waals surface area contributed by atoms with Crippen molar-refractivity contribution in [1.82, 2.24) is 4.48 Å². The number of carbonyl (C=O) groups is 1. The zero-order chi connectivity index (χ0) is 24.9. The van der Waals surface area contributed by atoms with Crippen molar-refractivity contribution in [2.75, 3.05) is 12.8 Å². The lowest BCUT2D eigenvalue weighted by Gasteiger charge is -2.37. The van der Waals surface area contributed by atoms with Crippen molar-refractivity contribution in [2.24, 2.45) is 5.73 Å². The van der Waals surface area contributed by atoms with Gasteiger partial charge in [0, 0.05) is 30.4 Å². The van der Waals surface area contributed by atoms with Gasteiger partial charge < -0.3 is 10.5 Å². The summed E-state index contributed by atoms with van der Waals surface area (Å²) in [5, 5.41) is 0. The predicted molar refractivity (Wildman–Crippen MR) is 138 cm³/mol. The standard InChI is InChI=1S/C27H34N2O4S/c1-5-18-29(23-10-8-7-9-11-23)20(3)22(12-15-24(6-2)33-27(28)30)19-26(29)21-13-16-25(17-14-21)34(4,31)32/h7-11,13-14,16-17,19,24H,5-6,12,15,18H2,1-4H3,(H-,28,30)/p+1. The first-order valence-corrected chi connectivity index (χ1v) is 13.7. The van der Waals surface area contributed by atoms with Crippen molar-refractivity contribution < 1.29 is 17.9 Å². The van der Waals surface area contributed by atoms with Crippen LogP contribution in [0, 0.1) is 0 Å². The highest BCUT2D eigenvalue weighted by molar-refractivity contribution is 7.90. The molecule has 2 N–H and O–H groups in total. The molecule has 1 aliphatic heterocycles. The van der Waals surface area contributed by atoms with Crippen LogP contribution in [0.4, 0.5) is 10.5 Å². The summed E-state index contributed by atoms with van der Waals surface area (Å²) in [5.74, 6) is 0. The molecule has 1 heterocycles. The highest BCUT2D eigenvalue weighted by Gasteiger charge is 2.43. The van der Waals surface area contributed by atoms with Gasteiger partial charge in [-0.3, -0.25) is 0 Å². The minimum absolute atomic E-state index is 0.228. The number of primary amides is 1. The molecule has 1 amide bonds. The second kappa shape index (κ2) is 10.6. The van der Waals surface area contributed by atoms with Gasteiger partial charge in [-0.15, -0.1) is 0 Å². The number of amides is 1. The lowest BCUT2D eigenvalue weighted by Crippen LogP contribution is -2.44. The number of quaternary nitrogens is 1. The molecule has 2 aromatic rings. The van der Waals surface area contributed by atoms with Crippen molar-refractivity contribution in [2.45, 2.75) is 57.5 Å². The summed E-state index contributed by atoms with van der Waals surface area (Å²) in [6.45, 7) is 7.19. The van der Waals surface area contributed by atoms with Gasteiger partial charge in [-0.2, -0.15) is 0 Å². The molecule has 0 bridgehead atoms. The number of rotatable bonds is 10. The fourth-order valence-electron chi connectivity index (χ4n) is 4.83. The summed E-state index contributed by atoms with van der Waals surface area (Å²) in [5.41, 5.74) is 10.9. The molecular formula is C27H35N2O4S+. The van der Waals surface area contributed by atoms with Gasteiger partial charge in [-0.05, 0) is 62.1 Å². The molecule has 2 aromatic carbocycles. The fourth-order valence-corrected chi connectivity index (χ4v) is 5.46. The van der Waals surface area contributed by atoms with Crippen LogP contribution in [-0.2, 0) is 14.6 Å². The molecule has 3 rings (SSSR count). The van der Waals surface area contributed by atoms with E-state index in [1.54, 1.807) is 12.1 Å². The smallest absolute Gasteiger partial charge is 0.404 e. The van der Waals surface area contributed by atoms with E-state index in [1.165, 1.54) is 17.5 Å². The van der Waals surface area contributed by atoms with Gasteiger partial charge in [-0.25, -0.2) is 17.7 Å². The van der Waals surface area contributed by atoms with Crippen LogP contribution in [0.3, 0.4) is 0 Å². The maximum atomic E-state index is 12.0. The van der Waals surface area contributed by atoms with Gasteiger partial charge in [0.05, 0.1) is 11.4 Å². The Labute approximate surface area is 203 Å². The number of nitrogens with two attached hydrogens (primary N) is 1. The van der Waals surface area contributed by atoms with Crippen LogP contribution in [0.5, 0.6) is 0 Å². The van der Waals surface area contributed by atoms with E-state index in [0.29, 0.717) is 22.2 Å². The normalized spacial score (nSPS) is 19.1. The van der Waals surface area contributed by atoms with E-state index in [1.807, 2.05) is 25.1 Å². The van der Waals surface area contributed by atoms with Gasteiger partial charge in [-0.1, -0.05) is 32.0 Å². The summed E-state index contributed by atoms with van der Waals surface area (Å²) >= 11 is 0. The molecule has 0 saturated heterocycles. The molecule has 0 aromatic heterocycles. The van der Waals surface area contributed by atoms with E-state index in [-0.39, 0.29) is 6.10 Å². The lowest BCUT2D eigenvalue weighted by molar-refractivity contribution is 0.0989. The zero-order valence-electron chi connectivity index (χ0n) is 20.5. The number of ether oxygens (including phenoxy) is 1. The number of para-hydroxylation sites is 1. The molecule has 0 spiro atoms. The first-order valence-electron chi connectivity index (χ1n) is 11.8. The van der Waals surface area contributed by atoms with Crippen LogP contribution < -0.4 is 10.2 Å². The van der Waals surface area contributed by atoms with E-state index in [4.69, 9.17) is 10.5 Å². The third-order valence-electron chi connectivity index (χ3n) is 6.57. The maximum absolute atomic E-state index is 12.0. The van der Waals surface area contributed by atoms with Crippen LogP contribution in [0.2, 0.25) is 0 Å². The highest BCUT2D eigenvalue weighted by Crippen LogP contribution is 2.46. The fraction of sp³-hybridized carbons (Fsp3) is 0.370. The maximum Gasteiger partial charge on any atom is 0.404 e. The van der Waals surface area contributed by atoms with Crippen molar-refractivity contribution in [3.8, 4) is 0 Å². The largest absolute Gasteiger partial charge is 0.446 e. The van der Waals surface area contributed by atoms with E-state index >= 15 is 0 Å². The molecule has 0 fully saturated rings. The van der Waals surface area contributed by atoms with Crippen LogP contribution >= 0.6 is 0 Å². The monoisotopic (exact) mass is 483 g/mol. The summed E-state index contributed by atoms with van der Waals surface area (Å²) < 4.78 is 29.9. The minimum atomic E-state index is -3.27. The van der Waals surface area contributed by atoms with E-state index in [2.05, 4.69) is 44.2 Å². The first-order chi connectivity index (χ1) is 16.1. The molecule has 0 radical (unpaired) electrons. The lowest BCUT2D eigenvalue weighted by atomic mass is 10.0. The van der Waals surface area contributed by atoms with Gasteiger partial charge in [0.1, 0.15) is 17.5 Å². The third kappa shape index (κ3) is 5.26. The second-order valence-electron chi connectivity index (χ2n) is 8.81. The first kappa shape index (κ1) is 25.7. The average molecular weight is 484 g/mol. The zero-order valence-corrected chi connectivity index (χ0v) is 21.3. The van der Waals surface area contributed by atoms with Crippen molar-refractivity contribution >= 4 is 27.3 Å². The molecule has 34 heavy (non-hydrogen) atoms. The third-order valence-corrected chi connectivity index (χ3v) is 7.70. The Kier molecular flexibility index (Phi) is 8.00. The number of hydrogen-bond donors (Lipinski definition) is 1. The molecular weight excluding hydrogens is 448 g/mol. The molecule has 0 saturated carbocycles. The number of sulfone groups is 1. The number of benzene rings is 2. The van der Waals surface area contributed by atoms with Gasteiger partial charge >= 0.3 is 6.09 Å². The van der Waals surface area contributed by atoms with Crippen LogP contribution in [-0.4, -0.2) is 33.4 Å². The molecule has 7 heteroatoms. The Hall–Kier alpha value is -2.90. The molecule has 2 atom stereocenters. The summed E-state index contributed by atoms with van der Waals surface area (Å²) in [4.78, 5) is 11.6. The van der Waals surface area contributed by atoms with Gasteiger partial charge in [0.2, 0.25) is 0 Å². The van der Waals surface area contributed by atoms with E-state index in [9.17, 15) is 13.2 Å². The highest BCUT2D eigenvalue weighted by atomic mass is 32.2.